The van der Waals surface area contributed by atoms with Crippen LogP contribution >= 0.6 is 0 Å². The summed E-state index contributed by atoms with van der Waals surface area (Å²) in [5.74, 6) is 1.36. The minimum atomic E-state index is 0.606. The Morgan fingerprint density at radius 3 is 2.89 bits per heavy atom. The van der Waals surface area contributed by atoms with Gasteiger partial charge in [0, 0.05) is 18.3 Å². The molecule has 0 amide bonds. The van der Waals surface area contributed by atoms with Gasteiger partial charge in [-0.2, -0.15) is 0 Å². The Balaban J connectivity index is 2.43. The van der Waals surface area contributed by atoms with E-state index in [-0.39, 0.29) is 0 Å². The van der Waals surface area contributed by atoms with Gasteiger partial charge in [0.1, 0.15) is 0 Å². The third-order valence-corrected chi connectivity index (χ3v) is 1.95. The first-order chi connectivity index (χ1) is 4.34. The fraction of sp³-hybridized carbons (Fsp3) is 0.625. The fourth-order valence-corrected chi connectivity index (χ4v) is 0.957. The van der Waals surface area contributed by atoms with E-state index in [0.717, 1.165) is 5.92 Å². The van der Waals surface area contributed by atoms with Crippen molar-refractivity contribution in [3.05, 3.63) is 12.3 Å². The van der Waals surface area contributed by atoms with E-state index >= 15 is 0 Å². The smallest absolute Gasteiger partial charge is 0.0230 e. The summed E-state index contributed by atoms with van der Waals surface area (Å²) in [6.45, 7) is 4.47. The first-order valence-electron chi connectivity index (χ1n) is 3.54. The molecule has 1 aliphatic rings. The van der Waals surface area contributed by atoms with Gasteiger partial charge in [0.15, 0.2) is 0 Å². The van der Waals surface area contributed by atoms with Crippen molar-refractivity contribution in [1.29, 1.82) is 0 Å². The van der Waals surface area contributed by atoms with Crippen molar-refractivity contribution in [3.63, 3.8) is 0 Å². The second-order valence-corrected chi connectivity index (χ2v) is 2.60. The van der Waals surface area contributed by atoms with E-state index in [4.69, 9.17) is 0 Å². The van der Waals surface area contributed by atoms with Gasteiger partial charge in [-0.15, -0.1) is 0 Å². The Kier molecular flexibility index (Phi) is 2.04. The molecule has 1 heterocycles. The summed E-state index contributed by atoms with van der Waals surface area (Å²) in [6.07, 6.45) is 7.31. The molecule has 0 aromatic heterocycles. The SMILES string of the molecule is CCC(C)C1C=CN=C1. The maximum absolute atomic E-state index is 4.03. The van der Waals surface area contributed by atoms with Crippen LogP contribution in [-0.2, 0) is 0 Å². The molecule has 0 saturated heterocycles. The van der Waals surface area contributed by atoms with Crippen molar-refractivity contribution in [2.75, 3.05) is 0 Å². The highest BCUT2D eigenvalue weighted by Gasteiger charge is 2.11. The highest BCUT2D eigenvalue weighted by molar-refractivity contribution is 5.67. The van der Waals surface area contributed by atoms with Crippen LogP contribution < -0.4 is 0 Å². The van der Waals surface area contributed by atoms with Crippen LogP contribution in [0, 0.1) is 11.8 Å². The minimum absolute atomic E-state index is 0.606. The maximum atomic E-state index is 4.03. The maximum Gasteiger partial charge on any atom is 0.0230 e. The zero-order valence-corrected chi connectivity index (χ0v) is 6.04. The van der Waals surface area contributed by atoms with Gasteiger partial charge in [-0.1, -0.05) is 26.3 Å². The molecule has 0 aromatic rings. The summed E-state index contributed by atoms with van der Waals surface area (Å²) in [7, 11) is 0. The Bertz CT molecular complexity index is 124. The van der Waals surface area contributed by atoms with E-state index < -0.39 is 0 Å². The van der Waals surface area contributed by atoms with Gasteiger partial charge in [0.05, 0.1) is 0 Å². The van der Waals surface area contributed by atoms with Gasteiger partial charge in [-0.25, -0.2) is 0 Å². The molecule has 1 rings (SSSR count). The molecular weight excluding hydrogens is 110 g/mol. The monoisotopic (exact) mass is 123 g/mol. The lowest BCUT2D eigenvalue weighted by atomic mass is 9.94. The van der Waals surface area contributed by atoms with Crippen molar-refractivity contribution in [3.8, 4) is 0 Å². The zero-order chi connectivity index (χ0) is 6.69. The zero-order valence-electron chi connectivity index (χ0n) is 6.04. The normalized spacial score (nSPS) is 27.1. The molecule has 0 aromatic carbocycles. The van der Waals surface area contributed by atoms with E-state index in [1.54, 1.807) is 0 Å². The topological polar surface area (TPSA) is 12.4 Å². The molecule has 0 bridgehead atoms. The molecule has 50 valence electrons. The first-order valence-corrected chi connectivity index (χ1v) is 3.54. The molecule has 1 nitrogen and oxygen atoms in total. The molecular formula is C8H13N. The van der Waals surface area contributed by atoms with Crippen molar-refractivity contribution < 1.29 is 0 Å². The highest BCUT2D eigenvalue weighted by Crippen LogP contribution is 2.17. The predicted octanol–water partition coefficient (Wildman–Crippen LogP) is 2.25. The average molecular weight is 123 g/mol. The van der Waals surface area contributed by atoms with Crippen LogP contribution in [0.5, 0.6) is 0 Å². The van der Waals surface area contributed by atoms with E-state index in [1.807, 2.05) is 12.4 Å². The van der Waals surface area contributed by atoms with Crippen LogP contribution in [0.4, 0.5) is 0 Å². The fourth-order valence-electron chi connectivity index (χ4n) is 0.957. The van der Waals surface area contributed by atoms with E-state index in [9.17, 15) is 0 Å². The van der Waals surface area contributed by atoms with Crippen molar-refractivity contribution >= 4 is 6.21 Å². The molecule has 2 atom stereocenters. The summed E-state index contributed by atoms with van der Waals surface area (Å²) in [4.78, 5) is 4.03. The molecule has 0 radical (unpaired) electrons. The molecule has 2 unspecified atom stereocenters. The Morgan fingerprint density at radius 1 is 1.67 bits per heavy atom. The molecule has 1 heteroatoms. The standard InChI is InChI=1S/C8H13N/c1-3-7(2)8-4-5-9-6-8/h4-8H,3H2,1-2H3. The van der Waals surface area contributed by atoms with Gasteiger partial charge in [0.25, 0.3) is 0 Å². The van der Waals surface area contributed by atoms with Crippen LogP contribution in [0.15, 0.2) is 17.3 Å². The van der Waals surface area contributed by atoms with Gasteiger partial charge >= 0.3 is 0 Å². The molecule has 0 aliphatic carbocycles. The van der Waals surface area contributed by atoms with E-state index in [0.29, 0.717) is 5.92 Å². The van der Waals surface area contributed by atoms with Gasteiger partial charge in [0.2, 0.25) is 0 Å². The van der Waals surface area contributed by atoms with Gasteiger partial charge in [-0.3, -0.25) is 4.99 Å². The number of nitrogens with zero attached hydrogens (tertiary/aromatic N) is 1. The molecule has 0 N–H and O–H groups in total. The number of hydrogen-bond acceptors (Lipinski definition) is 1. The van der Waals surface area contributed by atoms with Gasteiger partial charge < -0.3 is 0 Å². The third-order valence-electron chi connectivity index (χ3n) is 1.95. The summed E-state index contributed by atoms with van der Waals surface area (Å²) >= 11 is 0. The molecule has 9 heavy (non-hydrogen) atoms. The van der Waals surface area contributed by atoms with Crippen LogP contribution in [0.2, 0.25) is 0 Å². The van der Waals surface area contributed by atoms with Gasteiger partial charge in [-0.05, 0) is 5.92 Å². The summed E-state index contributed by atoms with van der Waals surface area (Å²) in [5.41, 5.74) is 0. The minimum Gasteiger partial charge on any atom is -0.269 e. The first kappa shape index (κ1) is 6.53. The Morgan fingerprint density at radius 2 is 2.44 bits per heavy atom. The molecule has 0 saturated carbocycles. The number of aliphatic imine (C=N–C) groups is 1. The quantitative estimate of drug-likeness (QED) is 0.534. The summed E-state index contributed by atoms with van der Waals surface area (Å²) in [6, 6.07) is 0. The number of rotatable bonds is 2. The number of allylic oxidation sites excluding steroid dienone is 1. The second kappa shape index (κ2) is 2.81. The van der Waals surface area contributed by atoms with Crippen LogP contribution in [0.1, 0.15) is 20.3 Å². The van der Waals surface area contributed by atoms with Crippen LogP contribution in [0.3, 0.4) is 0 Å². The number of hydrogen-bond donors (Lipinski definition) is 0. The molecule has 0 fully saturated rings. The Hall–Kier alpha value is -0.590. The third kappa shape index (κ3) is 1.41. The Labute approximate surface area is 56.5 Å². The lowest BCUT2D eigenvalue weighted by Gasteiger charge is -2.10. The average Bonchev–Trinajstić information content (AvgIpc) is 2.37. The lowest BCUT2D eigenvalue weighted by Crippen LogP contribution is -2.06. The van der Waals surface area contributed by atoms with E-state index in [1.165, 1.54) is 6.42 Å². The molecule has 1 aliphatic heterocycles. The van der Waals surface area contributed by atoms with Crippen molar-refractivity contribution in [1.82, 2.24) is 0 Å². The van der Waals surface area contributed by atoms with Crippen LogP contribution in [0.25, 0.3) is 0 Å². The predicted molar refractivity (Wildman–Crippen MR) is 40.6 cm³/mol. The van der Waals surface area contributed by atoms with E-state index in [2.05, 4.69) is 24.9 Å². The highest BCUT2D eigenvalue weighted by atomic mass is 14.7. The molecule has 0 spiro atoms. The summed E-state index contributed by atoms with van der Waals surface area (Å²) in [5, 5.41) is 0. The van der Waals surface area contributed by atoms with Crippen LogP contribution in [-0.4, -0.2) is 6.21 Å². The van der Waals surface area contributed by atoms with Crippen molar-refractivity contribution in [2.24, 2.45) is 16.8 Å². The summed E-state index contributed by atoms with van der Waals surface area (Å²) < 4.78 is 0. The van der Waals surface area contributed by atoms with Crippen molar-refractivity contribution in [2.45, 2.75) is 20.3 Å². The largest absolute Gasteiger partial charge is 0.269 e. The second-order valence-electron chi connectivity index (χ2n) is 2.60. The lowest BCUT2D eigenvalue weighted by molar-refractivity contribution is 0.514.